The molecule has 3 aromatic rings. The van der Waals surface area contributed by atoms with Crippen LogP contribution in [-0.2, 0) is 4.79 Å². The van der Waals surface area contributed by atoms with Crippen molar-refractivity contribution in [2.24, 2.45) is 0 Å². The summed E-state index contributed by atoms with van der Waals surface area (Å²) in [6, 6.07) is 13.2. The van der Waals surface area contributed by atoms with Crippen LogP contribution in [0.3, 0.4) is 0 Å². The quantitative estimate of drug-likeness (QED) is 0.330. The third-order valence-corrected chi connectivity index (χ3v) is 8.07. The molecule has 40 heavy (non-hydrogen) atoms. The third-order valence-electron chi connectivity index (χ3n) is 7.21. The summed E-state index contributed by atoms with van der Waals surface area (Å²) in [5.74, 6) is 1.95. The van der Waals surface area contributed by atoms with Gasteiger partial charge in [0.05, 0.1) is 24.8 Å². The molecule has 214 valence electrons. The molecule has 2 amide bonds. The van der Waals surface area contributed by atoms with Crippen molar-refractivity contribution in [2.75, 3.05) is 78.0 Å². The zero-order chi connectivity index (χ0) is 28.5. The first-order chi connectivity index (χ1) is 19.5. The maximum atomic E-state index is 13.3. The fourth-order valence-electron chi connectivity index (χ4n) is 4.70. The van der Waals surface area contributed by atoms with Gasteiger partial charge in [-0.2, -0.15) is 0 Å². The lowest BCUT2D eigenvalue weighted by molar-refractivity contribution is -0.132. The Balaban J connectivity index is 1.35. The summed E-state index contributed by atoms with van der Waals surface area (Å²) in [5, 5.41) is 10.8. The van der Waals surface area contributed by atoms with Crippen LogP contribution in [-0.4, -0.2) is 110 Å². The van der Waals surface area contributed by atoms with E-state index in [4.69, 9.17) is 9.47 Å². The van der Waals surface area contributed by atoms with Crippen LogP contribution in [0.4, 0.5) is 5.82 Å². The van der Waals surface area contributed by atoms with Crippen molar-refractivity contribution in [3.8, 4) is 22.8 Å². The summed E-state index contributed by atoms with van der Waals surface area (Å²) >= 11 is 1.41. The molecule has 1 fully saturated rings. The Morgan fingerprint density at radius 2 is 1.68 bits per heavy atom. The number of methoxy groups -OCH3 is 2. The summed E-state index contributed by atoms with van der Waals surface area (Å²) in [4.78, 5) is 35.0. The molecule has 1 saturated heterocycles. The highest BCUT2D eigenvalue weighted by atomic mass is 32.1. The van der Waals surface area contributed by atoms with Gasteiger partial charge < -0.3 is 29.1 Å². The molecule has 0 radical (unpaired) electrons. The molecule has 11 heteroatoms. The highest BCUT2D eigenvalue weighted by molar-refractivity contribution is 7.12. The van der Waals surface area contributed by atoms with E-state index in [0.29, 0.717) is 49.1 Å². The Labute approximate surface area is 240 Å². The van der Waals surface area contributed by atoms with Gasteiger partial charge in [-0.05, 0) is 54.9 Å². The van der Waals surface area contributed by atoms with Crippen LogP contribution in [0, 0.1) is 0 Å². The first kappa shape index (κ1) is 29.3. The van der Waals surface area contributed by atoms with E-state index in [2.05, 4.69) is 33.8 Å². The van der Waals surface area contributed by atoms with Crippen LogP contribution in [0.15, 0.2) is 47.8 Å². The fraction of sp³-hybridized carbons (Fsp3) is 0.448. The number of likely N-dealkylation sites (N-methyl/N-ethyl adjacent to an activating group) is 1. The minimum absolute atomic E-state index is 0.0287. The van der Waals surface area contributed by atoms with Gasteiger partial charge in [-0.15, -0.1) is 21.5 Å². The standard InChI is InChI=1S/C29H38N6O4S/c1-5-32(6-2)13-14-35(29(37)26-8-7-19-40-26)21-28(36)34-17-15-33(16-18-34)27-12-10-23(30-31-27)22-9-11-24(38-3)25(20-22)39-4/h7-12,19-20H,5-6,13-18,21H2,1-4H3. The lowest BCUT2D eigenvalue weighted by Gasteiger charge is -2.36. The van der Waals surface area contributed by atoms with Gasteiger partial charge in [-0.3, -0.25) is 9.59 Å². The summed E-state index contributed by atoms with van der Waals surface area (Å²) in [6.07, 6.45) is 0. The van der Waals surface area contributed by atoms with Gasteiger partial charge in [0.2, 0.25) is 5.91 Å². The number of piperazine rings is 1. The SMILES string of the molecule is CCN(CC)CCN(CC(=O)N1CCN(c2ccc(-c3ccc(OC)c(OC)c3)nn2)CC1)C(=O)c1cccs1. The highest BCUT2D eigenvalue weighted by Gasteiger charge is 2.26. The first-order valence-electron chi connectivity index (χ1n) is 13.6. The average molecular weight is 567 g/mol. The van der Waals surface area contributed by atoms with Gasteiger partial charge in [-0.25, -0.2) is 0 Å². The molecule has 1 aromatic carbocycles. The number of anilines is 1. The van der Waals surface area contributed by atoms with Crippen LogP contribution >= 0.6 is 11.3 Å². The molecule has 0 aliphatic carbocycles. The van der Waals surface area contributed by atoms with E-state index in [1.54, 1.807) is 19.1 Å². The Kier molecular flexibility index (Phi) is 10.3. The predicted molar refractivity (Wildman–Crippen MR) is 157 cm³/mol. The van der Waals surface area contributed by atoms with Gasteiger partial charge in [0, 0.05) is 44.8 Å². The molecule has 0 N–H and O–H groups in total. The van der Waals surface area contributed by atoms with Crippen LogP contribution in [0.25, 0.3) is 11.3 Å². The number of carbonyl (C=O) groups is 2. The van der Waals surface area contributed by atoms with Crippen molar-refractivity contribution in [3.63, 3.8) is 0 Å². The van der Waals surface area contributed by atoms with Crippen LogP contribution in [0.2, 0.25) is 0 Å². The van der Waals surface area contributed by atoms with Crippen LogP contribution in [0.5, 0.6) is 11.5 Å². The molecule has 3 heterocycles. The third kappa shape index (κ3) is 7.08. The number of ether oxygens (including phenoxy) is 2. The highest BCUT2D eigenvalue weighted by Crippen LogP contribution is 2.31. The van der Waals surface area contributed by atoms with E-state index in [9.17, 15) is 9.59 Å². The van der Waals surface area contributed by atoms with Crippen molar-refractivity contribution in [2.45, 2.75) is 13.8 Å². The minimum Gasteiger partial charge on any atom is -0.493 e. The molecular weight excluding hydrogens is 528 g/mol. The number of aromatic nitrogens is 2. The topological polar surface area (TPSA) is 91.3 Å². The number of nitrogens with zero attached hydrogens (tertiary/aromatic N) is 6. The van der Waals surface area contributed by atoms with Gasteiger partial charge in [0.25, 0.3) is 5.91 Å². The number of carbonyl (C=O) groups excluding carboxylic acids is 2. The molecule has 0 spiro atoms. The Morgan fingerprint density at radius 1 is 0.925 bits per heavy atom. The van der Waals surface area contributed by atoms with Crippen molar-refractivity contribution in [3.05, 3.63) is 52.7 Å². The zero-order valence-electron chi connectivity index (χ0n) is 23.7. The van der Waals surface area contributed by atoms with Gasteiger partial charge in [-0.1, -0.05) is 19.9 Å². The van der Waals surface area contributed by atoms with Gasteiger partial charge in [0.1, 0.15) is 6.54 Å². The first-order valence-corrected chi connectivity index (χ1v) is 14.5. The maximum absolute atomic E-state index is 13.3. The number of rotatable bonds is 12. The van der Waals surface area contributed by atoms with Crippen molar-refractivity contribution >= 4 is 29.0 Å². The summed E-state index contributed by atoms with van der Waals surface area (Å²) < 4.78 is 10.7. The number of benzene rings is 1. The molecule has 1 aliphatic heterocycles. The van der Waals surface area contributed by atoms with E-state index in [0.717, 1.165) is 36.7 Å². The predicted octanol–water partition coefficient (Wildman–Crippen LogP) is 3.36. The number of hydrogen-bond acceptors (Lipinski definition) is 9. The molecule has 4 rings (SSSR count). The van der Waals surface area contributed by atoms with Crippen LogP contribution < -0.4 is 14.4 Å². The number of amides is 2. The van der Waals surface area contributed by atoms with Gasteiger partial charge in [0.15, 0.2) is 17.3 Å². The summed E-state index contributed by atoms with van der Waals surface area (Å²) in [6.45, 7) is 9.79. The zero-order valence-corrected chi connectivity index (χ0v) is 24.5. The number of thiophene rings is 1. The molecule has 0 unspecified atom stereocenters. The van der Waals surface area contributed by atoms with Gasteiger partial charge >= 0.3 is 0 Å². The smallest absolute Gasteiger partial charge is 0.264 e. The molecular formula is C29H38N6O4S. The lowest BCUT2D eigenvalue weighted by atomic mass is 10.1. The number of hydrogen-bond donors (Lipinski definition) is 0. The Bertz CT molecular complexity index is 1240. The molecule has 0 atom stereocenters. The van der Waals surface area contributed by atoms with Crippen LogP contribution in [0.1, 0.15) is 23.5 Å². The summed E-state index contributed by atoms with van der Waals surface area (Å²) in [7, 11) is 3.21. The van der Waals surface area contributed by atoms with E-state index >= 15 is 0 Å². The average Bonchev–Trinajstić information content (AvgIpc) is 3.55. The normalized spacial score (nSPS) is 13.4. The van der Waals surface area contributed by atoms with E-state index in [-0.39, 0.29) is 18.4 Å². The maximum Gasteiger partial charge on any atom is 0.264 e. The van der Waals surface area contributed by atoms with E-state index in [1.807, 2.05) is 52.7 Å². The second-order valence-electron chi connectivity index (χ2n) is 9.45. The van der Waals surface area contributed by atoms with E-state index < -0.39 is 0 Å². The lowest BCUT2D eigenvalue weighted by Crippen LogP contribution is -2.52. The van der Waals surface area contributed by atoms with Crippen molar-refractivity contribution < 1.29 is 19.1 Å². The Morgan fingerprint density at radius 3 is 2.27 bits per heavy atom. The van der Waals surface area contributed by atoms with Crippen molar-refractivity contribution in [1.29, 1.82) is 0 Å². The van der Waals surface area contributed by atoms with Crippen molar-refractivity contribution in [1.82, 2.24) is 24.9 Å². The second kappa shape index (κ2) is 14.1. The molecule has 0 saturated carbocycles. The molecule has 2 aromatic heterocycles. The molecule has 1 aliphatic rings. The van der Waals surface area contributed by atoms with E-state index in [1.165, 1.54) is 11.3 Å². The monoisotopic (exact) mass is 566 g/mol. The fourth-order valence-corrected chi connectivity index (χ4v) is 5.39. The Hall–Kier alpha value is -3.70. The largest absolute Gasteiger partial charge is 0.493 e. The summed E-state index contributed by atoms with van der Waals surface area (Å²) in [5.41, 5.74) is 1.62. The minimum atomic E-state index is -0.0843. The molecule has 0 bridgehead atoms. The second-order valence-corrected chi connectivity index (χ2v) is 10.4. The molecule has 10 nitrogen and oxygen atoms in total.